The molecular formula is C112H68N4O2S4. The Morgan fingerprint density at radius 1 is 0.139 bits per heavy atom. The summed E-state index contributed by atoms with van der Waals surface area (Å²) in [7, 11) is 0. The van der Waals surface area contributed by atoms with Crippen LogP contribution in [0.15, 0.2) is 421 Å². The molecule has 20 aromatic carbocycles. The standard InChI is InChI=1S/C56H34N2O2S.C56H34N2S3/c1-3-13-35(14-4-1)57(38-23-27-44-42-18-9-11-21-50(42)59-52(44)32-38)37-25-29-47-49(31-37)41-17-7-8-20-46(41)55-48-30-26-40(34-54(48)61-56(47)55)58(36-15-5-2-6-16-36)39-24-28-45-43-19-10-12-22-51(43)60-53(45)33-39;1-3-13-35(14-4-1)57(38-25-29-52-48(32-38)42-18-9-11-21-50(42)59-52)37-23-27-45-47(31-37)41-17-7-8-20-44(41)55-46-28-24-40(34-54(46)61-56(45)55)58(36-15-5-2-6-16-36)39-26-30-53-49(33-39)43-19-10-12-22-51(43)60-53/h2*1-34H. The number of rotatable bonds is 12. The number of nitrogens with zero attached hydrogens (tertiary/aromatic N) is 4. The van der Waals surface area contributed by atoms with Gasteiger partial charge in [-0.15, -0.1) is 45.3 Å². The zero-order valence-electron chi connectivity index (χ0n) is 65.5. The minimum Gasteiger partial charge on any atom is -0.456 e. The first-order valence-corrected chi connectivity index (χ1v) is 44.4. The Kier molecular flexibility index (Phi) is 16.3. The second-order valence-corrected chi connectivity index (χ2v) is 35.6. The van der Waals surface area contributed by atoms with Gasteiger partial charge in [-0.1, -0.05) is 218 Å². The molecule has 26 rings (SSSR count). The predicted octanol–water partition coefficient (Wildman–Crippen LogP) is 35.1. The summed E-state index contributed by atoms with van der Waals surface area (Å²) in [6, 6.07) is 150. The van der Waals surface area contributed by atoms with Gasteiger partial charge in [0, 0.05) is 193 Å². The molecule has 0 spiro atoms. The normalized spacial score (nSPS) is 11.9. The third kappa shape index (κ3) is 11.5. The third-order valence-corrected chi connectivity index (χ3v) is 29.1. The molecular weight excluding hydrogens is 1560 g/mol. The van der Waals surface area contributed by atoms with Gasteiger partial charge in [0.2, 0.25) is 0 Å². The van der Waals surface area contributed by atoms with E-state index in [1.165, 1.54) is 124 Å². The van der Waals surface area contributed by atoms with Crippen molar-refractivity contribution < 1.29 is 8.83 Å². The van der Waals surface area contributed by atoms with Crippen LogP contribution in [0.1, 0.15) is 0 Å². The summed E-state index contributed by atoms with van der Waals surface area (Å²) in [5, 5.41) is 24.9. The van der Waals surface area contributed by atoms with Gasteiger partial charge in [0.05, 0.1) is 0 Å². The van der Waals surface area contributed by atoms with E-state index in [-0.39, 0.29) is 0 Å². The Morgan fingerprint density at radius 3 is 0.779 bits per heavy atom. The highest BCUT2D eigenvalue weighted by Crippen LogP contribution is 2.53. The summed E-state index contributed by atoms with van der Waals surface area (Å²) in [6.07, 6.45) is 0. The summed E-state index contributed by atoms with van der Waals surface area (Å²) in [5.41, 5.74) is 16.8. The van der Waals surface area contributed by atoms with Gasteiger partial charge < -0.3 is 28.4 Å². The number of hydrogen-bond donors (Lipinski definition) is 0. The van der Waals surface area contributed by atoms with Crippen molar-refractivity contribution in [3.8, 4) is 0 Å². The van der Waals surface area contributed by atoms with Crippen LogP contribution in [-0.2, 0) is 0 Å². The fourth-order valence-corrected chi connectivity index (χ4v) is 23.7. The Hall–Kier alpha value is -14.9. The average Bonchev–Trinajstić information content (AvgIpc) is 1.55. The number of para-hydroxylation sites is 6. The van der Waals surface area contributed by atoms with Crippen molar-refractivity contribution in [2.75, 3.05) is 19.6 Å². The molecule has 0 N–H and O–H groups in total. The Morgan fingerprint density at radius 2 is 0.402 bits per heavy atom. The van der Waals surface area contributed by atoms with Crippen LogP contribution in [0, 0.1) is 0 Å². The number of hydrogen-bond acceptors (Lipinski definition) is 10. The average molecular weight is 1630 g/mol. The lowest BCUT2D eigenvalue weighted by Gasteiger charge is -2.26. The van der Waals surface area contributed by atoms with Crippen molar-refractivity contribution >= 4 is 281 Å². The van der Waals surface area contributed by atoms with E-state index < -0.39 is 0 Å². The highest BCUT2D eigenvalue weighted by molar-refractivity contribution is 7.28. The molecule has 10 heteroatoms. The number of thiophene rings is 4. The molecule has 6 heterocycles. The molecule has 0 aliphatic carbocycles. The molecule has 6 aromatic heterocycles. The quantitative estimate of drug-likeness (QED) is 0.114. The van der Waals surface area contributed by atoms with Crippen LogP contribution in [0.4, 0.5) is 68.2 Å². The number of anilines is 12. The molecule has 0 aliphatic heterocycles. The SMILES string of the molecule is c1ccc(N(c2ccc3c(c2)oc2ccccc23)c2ccc3c(c2)sc2c4ccc(N(c5ccccc5)c5ccc6c(c5)oc5ccccc56)cc4c4ccccc4c32)cc1.c1ccc(N(c2ccc3c(c2)sc2c4ccc(N(c5ccccc5)c5ccc6sc7ccccc7c6c5)cc4c4ccccc4c32)c2ccc3sc4ccccc4c3c2)cc1. The van der Waals surface area contributed by atoms with Crippen LogP contribution in [0.25, 0.3) is 168 Å². The van der Waals surface area contributed by atoms with Crippen LogP contribution in [-0.4, -0.2) is 0 Å². The van der Waals surface area contributed by atoms with Crippen LogP contribution in [0.5, 0.6) is 0 Å². The summed E-state index contributed by atoms with van der Waals surface area (Å²) < 4.78 is 23.1. The summed E-state index contributed by atoms with van der Waals surface area (Å²) in [4.78, 5) is 9.49. The van der Waals surface area contributed by atoms with Crippen molar-refractivity contribution in [1.82, 2.24) is 0 Å². The fraction of sp³-hybridized carbons (Fsp3) is 0. The Labute approximate surface area is 716 Å². The zero-order valence-corrected chi connectivity index (χ0v) is 68.8. The molecule has 0 saturated heterocycles. The molecule has 0 aliphatic rings. The minimum atomic E-state index is 0.873. The van der Waals surface area contributed by atoms with E-state index >= 15 is 0 Å². The van der Waals surface area contributed by atoms with Gasteiger partial charge in [-0.05, 0) is 214 Å². The lowest BCUT2D eigenvalue weighted by atomic mass is 9.96. The van der Waals surface area contributed by atoms with E-state index in [2.05, 4.69) is 408 Å². The monoisotopic (exact) mass is 1630 g/mol. The molecule has 572 valence electrons. The summed E-state index contributed by atoms with van der Waals surface area (Å²) in [5.74, 6) is 0. The zero-order chi connectivity index (χ0) is 80.0. The van der Waals surface area contributed by atoms with Gasteiger partial charge in [-0.2, -0.15) is 0 Å². The van der Waals surface area contributed by atoms with Crippen LogP contribution in [0.3, 0.4) is 0 Å². The second-order valence-electron chi connectivity index (χ2n) is 31.3. The largest absolute Gasteiger partial charge is 0.456 e. The van der Waals surface area contributed by atoms with Gasteiger partial charge in [-0.3, -0.25) is 0 Å². The van der Waals surface area contributed by atoms with E-state index in [1.807, 2.05) is 69.6 Å². The molecule has 122 heavy (non-hydrogen) atoms. The lowest BCUT2D eigenvalue weighted by Crippen LogP contribution is -2.09. The fourth-order valence-electron chi connectivity index (χ4n) is 18.9. The number of fused-ring (bicyclic) bond motifs is 28. The molecule has 0 bridgehead atoms. The van der Waals surface area contributed by atoms with E-state index in [0.29, 0.717) is 0 Å². The maximum atomic E-state index is 6.39. The third-order valence-electron chi connectivity index (χ3n) is 24.4. The maximum absolute atomic E-state index is 6.39. The molecule has 0 unspecified atom stereocenters. The predicted molar refractivity (Wildman–Crippen MR) is 528 cm³/mol. The highest BCUT2D eigenvalue weighted by Gasteiger charge is 2.26. The maximum Gasteiger partial charge on any atom is 0.137 e. The van der Waals surface area contributed by atoms with Gasteiger partial charge in [0.25, 0.3) is 0 Å². The van der Waals surface area contributed by atoms with Gasteiger partial charge in [0.15, 0.2) is 0 Å². The molecule has 0 atom stereocenters. The first kappa shape index (κ1) is 70.2. The highest BCUT2D eigenvalue weighted by atomic mass is 32.1. The molecule has 0 saturated carbocycles. The van der Waals surface area contributed by atoms with E-state index in [0.717, 1.165) is 112 Å². The van der Waals surface area contributed by atoms with Crippen molar-refractivity contribution in [3.05, 3.63) is 413 Å². The molecule has 0 radical (unpaired) electrons. The van der Waals surface area contributed by atoms with E-state index in [1.54, 1.807) is 0 Å². The number of benzene rings is 20. The lowest BCUT2D eigenvalue weighted by molar-refractivity contribution is 0.668. The minimum absolute atomic E-state index is 0.873. The topological polar surface area (TPSA) is 39.2 Å². The molecule has 0 fully saturated rings. The first-order valence-electron chi connectivity index (χ1n) is 41.1. The summed E-state index contributed by atoms with van der Waals surface area (Å²) >= 11 is 7.50. The van der Waals surface area contributed by atoms with Crippen LogP contribution < -0.4 is 19.6 Å². The van der Waals surface area contributed by atoms with Crippen LogP contribution in [0.2, 0.25) is 0 Å². The van der Waals surface area contributed by atoms with E-state index in [9.17, 15) is 0 Å². The van der Waals surface area contributed by atoms with Crippen molar-refractivity contribution in [1.29, 1.82) is 0 Å². The Balaban J connectivity index is 0.000000134. The number of furan rings is 2. The molecule has 0 amide bonds. The van der Waals surface area contributed by atoms with Crippen molar-refractivity contribution in [2.45, 2.75) is 0 Å². The summed E-state index contributed by atoms with van der Waals surface area (Å²) in [6.45, 7) is 0. The second kappa shape index (κ2) is 28.4. The van der Waals surface area contributed by atoms with Gasteiger partial charge in [0.1, 0.15) is 22.3 Å². The van der Waals surface area contributed by atoms with Crippen molar-refractivity contribution in [3.63, 3.8) is 0 Å². The molecule has 26 aromatic rings. The molecule has 6 nitrogen and oxygen atoms in total. The Bertz CT molecular complexity index is 8710. The van der Waals surface area contributed by atoms with Crippen LogP contribution >= 0.6 is 45.3 Å². The first-order chi connectivity index (χ1) is 60.5. The van der Waals surface area contributed by atoms with E-state index in [4.69, 9.17) is 8.83 Å². The van der Waals surface area contributed by atoms with Gasteiger partial charge >= 0.3 is 0 Å². The van der Waals surface area contributed by atoms with Gasteiger partial charge in [-0.25, -0.2) is 0 Å². The van der Waals surface area contributed by atoms with Crippen molar-refractivity contribution in [2.24, 2.45) is 0 Å². The smallest absolute Gasteiger partial charge is 0.137 e.